The lowest BCUT2D eigenvalue weighted by Crippen LogP contribution is -2.53. The van der Waals surface area contributed by atoms with Crippen molar-refractivity contribution in [3.63, 3.8) is 0 Å². The van der Waals surface area contributed by atoms with Gasteiger partial charge in [0.05, 0.1) is 5.69 Å². The lowest BCUT2D eigenvalue weighted by Gasteiger charge is -2.38. The van der Waals surface area contributed by atoms with Crippen molar-refractivity contribution in [1.82, 2.24) is 0 Å². The standard InChI is InChI=1S/C12H15NO4/c1-12(2)11(15)13(7-16-3)9-5-4-8(14)6-10(9)17-12/h4-6,14H,7H2,1-3H3. The van der Waals surface area contributed by atoms with Crippen LogP contribution in [0.3, 0.4) is 0 Å². The minimum atomic E-state index is -0.959. The van der Waals surface area contributed by atoms with Gasteiger partial charge in [-0.15, -0.1) is 0 Å². The molecule has 5 nitrogen and oxygen atoms in total. The highest BCUT2D eigenvalue weighted by Gasteiger charge is 2.40. The van der Waals surface area contributed by atoms with Gasteiger partial charge in [-0.3, -0.25) is 9.69 Å². The average Bonchev–Trinajstić information content (AvgIpc) is 2.24. The Morgan fingerprint density at radius 1 is 1.47 bits per heavy atom. The van der Waals surface area contributed by atoms with E-state index in [1.165, 1.54) is 24.1 Å². The van der Waals surface area contributed by atoms with Crippen LogP contribution in [0.2, 0.25) is 0 Å². The molecule has 92 valence electrons. The van der Waals surface area contributed by atoms with E-state index in [-0.39, 0.29) is 18.4 Å². The van der Waals surface area contributed by atoms with Gasteiger partial charge in [-0.2, -0.15) is 0 Å². The number of amides is 1. The number of rotatable bonds is 2. The predicted octanol–water partition coefficient (Wildman–Crippen LogP) is 1.50. The van der Waals surface area contributed by atoms with Gasteiger partial charge < -0.3 is 14.6 Å². The molecule has 0 saturated carbocycles. The first-order valence-electron chi connectivity index (χ1n) is 5.28. The molecule has 1 aliphatic rings. The van der Waals surface area contributed by atoms with Crippen molar-refractivity contribution in [2.45, 2.75) is 19.4 Å². The summed E-state index contributed by atoms with van der Waals surface area (Å²) in [7, 11) is 1.52. The molecule has 0 fully saturated rings. The third-order valence-corrected chi connectivity index (χ3v) is 2.62. The van der Waals surface area contributed by atoms with Crippen molar-refractivity contribution in [1.29, 1.82) is 0 Å². The van der Waals surface area contributed by atoms with E-state index in [2.05, 4.69) is 0 Å². The summed E-state index contributed by atoms with van der Waals surface area (Å²) in [5.41, 5.74) is -0.353. The maximum atomic E-state index is 12.1. The van der Waals surface area contributed by atoms with Crippen LogP contribution < -0.4 is 9.64 Å². The van der Waals surface area contributed by atoms with Crippen molar-refractivity contribution >= 4 is 11.6 Å². The Kier molecular flexibility index (Phi) is 2.71. The average molecular weight is 237 g/mol. The molecule has 17 heavy (non-hydrogen) atoms. The molecule has 0 radical (unpaired) electrons. The van der Waals surface area contributed by atoms with E-state index in [0.29, 0.717) is 11.4 Å². The van der Waals surface area contributed by atoms with Crippen LogP contribution in [0.4, 0.5) is 5.69 Å². The number of fused-ring (bicyclic) bond motifs is 1. The molecule has 1 aliphatic heterocycles. The Hall–Kier alpha value is -1.75. The summed E-state index contributed by atoms with van der Waals surface area (Å²) in [6.45, 7) is 3.53. The summed E-state index contributed by atoms with van der Waals surface area (Å²) in [5.74, 6) is 0.412. The molecule has 0 aliphatic carbocycles. The van der Waals surface area contributed by atoms with E-state index in [4.69, 9.17) is 9.47 Å². The van der Waals surface area contributed by atoms with Gasteiger partial charge in [0.2, 0.25) is 0 Å². The molecule has 0 spiro atoms. The van der Waals surface area contributed by atoms with Gasteiger partial charge in [-0.1, -0.05) is 0 Å². The number of anilines is 1. The quantitative estimate of drug-likeness (QED) is 0.846. The Labute approximate surface area is 99.6 Å². The molecule has 0 atom stereocenters. The van der Waals surface area contributed by atoms with Crippen LogP contribution in [0, 0.1) is 0 Å². The number of ether oxygens (including phenoxy) is 2. The van der Waals surface area contributed by atoms with Crippen molar-refractivity contribution in [3.05, 3.63) is 18.2 Å². The summed E-state index contributed by atoms with van der Waals surface area (Å²) < 4.78 is 10.6. The molecule has 5 heteroatoms. The number of hydrogen-bond donors (Lipinski definition) is 1. The molecule has 1 amide bonds. The van der Waals surface area contributed by atoms with Crippen molar-refractivity contribution in [2.75, 3.05) is 18.7 Å². The van der Waals surface area contributed by atoms with Crippen molar-refractivity contribution in [2.24, 2.45) is 0 Å². The molecule has 2 rings (SSSR count). The number of carbonyl (C=O) groups excluding carboxylic acids is 1. The number of methoxy groups -OCH3 is 1. The SMILES string of the molecule is COCN1C(=O)C(C)(C)Oc2cc(O)ccc21. The molecule has 1 N–H and O–H groups in total. The minimum absolute atomic E-state index is 0.103. The van der Waals surface area contributed by atoms with Gasteiger partial charge in [0, 0.05) is 13.2 Å². The number of nitrogens with zero attached hydrogens (tertiary/aromatic N) is 1. The number of phenolic OH excluding ortho intramolecular Hbond substituents is 1. The lowest BCUT2D eigenvalue weighted by atomic mass is 10.0. The summed E-state index contributed by atoms with van der Waals surface area (Å²) in [5, 5.41) is 9.43. The van der Waals surface area contributed by atoms with E-state index in [1.807, 2.05) is 0 Å². The van der Waals surface area contributed by atoms with Crippen LogP contribution in [-0.2, 0) is 9.53 Å². The number of phenols is 1. The van der Waals surface area contributed by atoms with Gasteiger partial charge in [0.25, 0.3) is 5.91 Å². The molecule has 0 bridgehead atoms. The maximum absolute atomic E-state index is 12.1. The van der Waals surface area contributed by atoms with Crippen LogP contribution in [0.1, 0.15) is 13.8 Å². The molecular formula is C12H15NO4. The Balaban J connectivity index is 2.50. The monoisotopic (exact) mass is 237 g/mol. The summed E-state index contributed by atoms with van der Waals surface area (Å²) in [6, 6.07) is 4.64. The smallest absolute Gasteiger partial charge is 0.272 e. The van der Waals surface area contributed by atoms with Crippen molar-refractivity contribution in [3.8, 4) is 11.5 Å². The molecule has 1 heterocycles. The third kappa shape index (κ3) is 1.93. The highest BCUT2D eigenvalue weighted by Crippen LogP contribution is 2.39. The van der Waals surface area contributed by atoms with Crippen LogP contribution >= 0.6 is 0 Å². The molecular weight excluding hydrogens is 222 g/mol. The topological polar surface area (TPSA) is 59.0 Å². The Morgan fingerprint density at radius 2 is 2.18 bits per heavy atom. The summed E-state index contributed by atoms with van der Waals surface area (Å²) in [6.07, 6.45) is 0. The summed E-state index contributed by atoms with van der Waals surface area (Å²) in [4.78, 5) is 13.6. The lowest BCUT2D eigenvalue weighted by molar-refractivity contribution is -0.133. The normalized spacial score (nSPS) is 17.6. The second kappa shape index (κ2) is 3.92. The van der Waals surface area contributed by atoms with Gasteiger partial charge in [-0.05, 0) is 26.0 Å². The number of carbonyl (C=O) groups is 1. The van der Waals surface area contributed by atoms with Gasteiger partial charge in [0.15, 0.2) is 5.60 Å². The zero-order valence-corrected chi connectivity index (χ0v) is 10.1. The highest BCUT2D eigenvalue weighted by molar-refractivity contribution is 6.02. The second-order valence-corrected chi connectivity index (χ2v) is 4.42. The largest absolute Gasteiger partial charge is 0.508 e. The fourth-order valence-corrected chi connectivity index (χ4v) is 1.82. The fourth-order valence-electron chi connectivity index (χ4n) is 1.82. The zero-order chi connectivity index (χ0) is 12.6. The zero-order valence-electron chi connectivity index (χ0n) is 10.1. The highest BCUT2D eigenvalue weighted by atomic mass is 16.5. The summed E-state index contributed by atoms with van der Waals surface area (Å²) >= 11 is 0. The number of hydrogen-bond acceptors (Lipinski definition) is 4. The predicted molar refractivity (Wildman–Crippen MR) is 62.2 cm³/mol. The Morgan fingerprint density at radius 3 is 2.82 bits per heavy atom. The molecule has 1 aromatic carbocycles. The first-order chi connectivity index (χ1) is 7.95. The van der Waals surface area contributed by atoms with Crippen LogP contribution in [-0.4, -0.2) is 30.5 Å². The van der Waals surface area contributed by atoms with Gasteiger partial charge in [0.1, 0.15) is 18.2 Å². The molecule has 0 unspecified atom stereocenters. The van der Waals surface area contributed by atoms with E-state index >= 15 is 0 Å². The third-order valence-electron chi connectivity index (χ3n) is 2.62. The van der Waals surface area contributed by atoms with Gasteiger partial charge >= 0.3 is 0 Å². The first-order valence-corrected chi connectivity index (χ1v) is 5.28. The van der Waals surface area contributed by atoms with Crippen LogP contribution in [0.5, 0.6) is 11.5 Å². The molecule has 0 saturated heterocycles. The maximum Gasteiger partial charge on any atom is 0.272 e. The van der Waals surface area contributed by atoms with E-state index in [0.717, 1.165) is 0 Å². The van der Waals surface area contributed by atoms with Crippen molar-refractivity contribution < 1.29 is 19.4 Å². The Bertz CT molecular complexity index is 456. The van der Waals surface area contributed by atoms with E-state index in [9.17, 15) is 9.90 Å². The number of benzene rings is 1. The molecule has 0 aromatic heterocycles. The second-order valence-electron chi connectivity index (χ2n) is 4.42. The van der Waals surface area contributed by atoms with Crippen LogP contribution in [0.25, 0.3) is 0 Å². The first kappa shape index (κ1) is 11.7. The van der Waals surface area contributed by atoms with E-state index < -0.39 is 5.60 Å². The number of aromatic hydroxyl groups is 1. The van der Waals surface area contributed by atoms with Crippen LogP contribution in [0.15, 0.2) is 18.2 Å². The van der Waals surface area contributed by atoms with E-state index in [1.54, 1.807) is 19.9 Å². The van der Waals surface area contributed by atoms with Gasteiger partial charge in [-0.25, -0.2) is 0 Å². The minimum Gasteiger partial charge on any atom is -0.508 e. The fraction of sp³-hybridized carbons (Fsp3) is 0.417. The molecule has 1 aromatic rings.